The first-order valence-electron chi connectivity index (χ1n) is 5.72. The van der Waals surface area contributed by atoms with Crippen LogP contribution >= 0.6 is 15.9 Å². The molecule has 0 aliphatic carbocycles. The molecule has 0 amide bonds. The number of pyridine rings is 1. The zero-order valence-corrected chi connectivity index (χ0v) is 11.9. The lowest BCUT2D eigenvalue weighted by Gasteiger charge is -2.08. The molecule has 0 aliphatic heterocycles. The molecule has 1 aromatic heterocycles. The molecule has 1 aromatic carbocycles. The van der Waals surface area contributed by atoms with Crippen molar-refractivity contribution in [1.82, 2.24) is 4.98 Å². The van der Waals surface area contributed by atoms with Crippen LogP contribution in [0, 0.1) is 6.92 Å². The van der Waals surface area contributed by atoms with Gasteiger partial charge in [0.05, 0.1) is 0 Å². The van der Waals surface area contributed by atoms with Gasteiger partial charge in [0, 0.05) is 22.8 Å². The molecular weight excluding hydrogens is 292 g/mol. The Hall–Kier alpha value is -1.39. The number of benzene rings is 1. The first-order chi connectivity index (χ1) is 8.56. The highest BCUT2D eigenvalue weighted by Gasteiger charge is 2.03. The maximum absolute atomic E-state index is 5.77. The number of nitrogens with two attached hydrogens (primary N) is 1. The predicted molar refractivity (Wildman–Crippen MR) is 75.8 cm³/mol. The molecule has 2 rings (SSSR count). The number of hydrogen-bond donors (Lipinski definition) is 1. The molecule has 0 bridgehead atoms. The number of rotatable bonds is 3. The van der Waals surface area contributed by atoms with Crippen LogP contribution in [0.5, 0.6) is 11.6 Å². The van der Waals surface area contributed by atoms with Crippen molar-refractivity contribution in [3.63, 3.8) is 0 Å². The smallest absolute Gasteiger partial charge is 0.219 e. The summed E-state index contributed by atoms with van der Waals surface area (Å²) in [5, 5.41) is 0. The quantitative estimate of drug-likeness (QED) is 0.933. The molecule has 0 radical (unpaired) electrons. The maximum Gasteiger partial charge on any atom is 0.219 e. The Bertz CT molecular complexity index is 538. The van der Waals surface area contributed by atoms with Gasteiger partial charge < -0.3 is 10.5 Å². The van der Waals surface area contributed by atoms with E-state index in [4.69, 9.17) is 10.5 Å². The van der Waals surface area contributed by atoms with E-state index in [0.29, 0.717) is 5.88 Å². The van der Waals surface area contributed by atoms with E-state index in [1.54, 1.807) is 6.20 Å². The van der Waals surface area contributed by atoms with Crippen molar-refractivity contribution < 1.29 is 4.74 Å². The second-order valence-corrected chi connectivity index (χ2v) is 5.09. The van der Waals surface area contributed by atoms with Crippen molar-refractivity contribution in [2.45, 2.75) is 19.9 Å². The largest absolute Gasteiger partial charge is 0.439 e. The lowest BCUT2D eigenvalue weighted by atomic mass is 10.2. The van der Waals surface area contributed by atoms with Crippen LogP contribution in [0.3, 0.4) is 0 Å². The van der Waals surface area contributed by atoms with Gasteiger partial charge in [-0.3, -0.25) is 0 Å². The van der Waals surface area contributed by atoms with Crippen LogP contribution in [0.2, 0.25) is 0 Å². The maximum atomic E-state index is 5.77. The number of nitrogens with zero attached hydrogens (tertiary/aromatic N) is 1. The van der Waals surface area contributed by atoms with Gasteiger partial charge in [-0.05, 0) is 43.2 Å². The van der Waals surface area contributed by atoms with E-state index in [0.717, 1.165) is 21.3 Å². The van der Waals surface area contributed by atoms with Crippen LogP contribution < -0.4 is 10.5 Å². The van der Waals surface area contributed by atoms with E-state index in [1.165, 1.54) is 0 Å². The van der Waals surface area contributed by atoms with Gasteiger partial charge in [0.1, 0.15) is 5.75 Å². The average Bonchev–Trinajstić information content (AvgIpc) is 2.34. The molecule has 0 saturated heterocycles. The van der Waals surface area contributed by atoms with Gasteiger partial charge in [0.25, 0.3) is 0 Å². The van der Waals surface area contributed by atoms with Crippen molar-refractivity contribution in [3.8, 4) is 11.6 Å². The third kappa shape index (κ3) is 3.09. The first-order valence-corrected chi connectivity index (χ1v) is 6.51. The number of aromatic nitrogens is 1. The van der Waals surface area contributed by atoms with E-state index >= 15 is 0 Å². The number of ether oxygens (including phenoxy) is 1. The third-order valence-corrected chi connectivity index (χ3v) is 3.53. The SMILES string of the molecule is Cc1cc(Oc2ccc([C@H](C)N)cn2)ccc1Br. The van der Waals surface area contributed by atoms with Crippen molar-refractivity contribution in [2.24, 2.45) is 5.73 Å². The highest BCUT2D eigenvalue weighted by Crippen LogP contribution is 2.25. The van der Waals surface area contributed by atoms with Gasteiger partial charge in [-0.1, -0.05) is 22.0 Å². The van der Waals surface area contributed by atoms with E-state index in [-0.39, 0.29) is 6.04 Å². The Labute approximate surface area is 115 Å². The van der Waals surface area contributed by atoms with Crippen LogP contribution in [0.4, 0.5) is 0 Å². The molecule has 2 aromatic rings. The van der Waals surface area contributed by atoms with Crippen LogP contribution in [0.15, 0.2) is 41.0 Å². The number of aryl methyl sites for hydroxylation is 1. The average molecular weight is 307 g/mol. The van der Waals surface area contributed by atoms with Gasteiger partial charge in [-0.2, -0.15) is 0 Å². The van der Waals surface area contributed by atoms with Crippen molar-refractivity contribution in [3.05, 3.63) is 52.1 Å². The molecule has 18 heavy (non-hydrogen) atoms. The predicted octanol–water partition coefficient (Wildman–Crippen LogP) is 3.96. The lowest BCUT2D eigenvalue weighted by molar-refractivity contribution is 0.462. The summed E-state index contributed by atoms with van der Waals surface area (Å²) in [4.78, 5) is 4.23. The Morgan fingerprint density at radius 2 is 2.06 bits per heavy atom. The van der Waals surface area contributed by atoms with E-state index in [2.05, 4.69) is 20.9 Å². The van der Waals surface area contributed by atoms with Gasteiger partial charge >= 0.3 is 0 Å². The van der Waals surface area contributed by atoms with Crippen molar-refractivity contribution in [2.75, 3.05) is 0 Å². The van der Waals surface area contributed by atoms with Gasteiger partial charge in [0.2, 0.25) is 5.88 Å². The summed E-state index contributed by atoms with van der Waals surface area (Å²) in [5.41, 5.74) is 7.89. The molecule has 0 saturated carbocycles. The lowest BCUT2D eigenvalue weighted by Crippen LogP contribution is -2.05. The topological polar surface area (TPSA) is 48.1 Å². The first kappa shape index (κ1) is 13.1. The fourth-order valence-electron chi connectivity index (χ4n) is 1.52. The molecule has 0 aliphatic rings. The Kier molecular flexibility index (Phi) is 3.99. The molecule has 94 valence electrons. The summed E-state index contributed by atoms with van der Waals surface area (Å²) in [6.45, 7) is 3.94. The summed E-state index contributed by atoms with van der Waals surface area (Å²) in [7, 11) is 0. The zero-order chi connectivity index (χ0) is 13.1. The Morgan fingerprint density at radius 3 is 2.61 bits per heavy atom. The molecule has 3 nitrogen and oxygen atoms in total. The van der Waals surface area contributed by atoms with E-state index in [1.807, 2.05) is 44.2 Å². The summed E-state index contributed by atoms with van der Waals surface area (Å²) >= 11 is 3.46. The van der Waals surface area contributed by atoms with Crippen LogP contribution in [0.1, 0.15) is 24.1 Å². The fourth-order valence-corrected chi connectivity index (χ4v) is 1.77. The Balaban J connectivity index is 2.15. The molecule has 2 N–H and O–H groups in total. The minimum absolute atomic E-state index is 0.0125. The monoisotopic (exact) mass is 306 g/mol. The van der Waals surface area contributed by atoms with Crippen molar-refractivity contribution >= 4 is 15.9 Å². The van der Waals surface area contributed by atoms with E-state index in [9.17, 15) is 0 Å². The molecule has 0 unspecified atom stereocenters. The molecular formula is C14H15BrN2O. The van der Waals surface area contributed by atoms with Gasteiger partial charge in [-0.25, -0.2) is 4.98 Å². The molecule has 0 spiro atoms. The number of halogens is 1. The van der Waals surface area contributed by atoms with Gasteiger partial charge in [0.15, 0.2) is 0 Å². The number of hydrogen-bond acceptors (Lipinski definition) is 3. The minimum atomic E-state index is -0.0125. The molecule has 4 heteroatoms. The van der Waals surface area contributed by atoms with Crippen molar-refractivity contribution in [1.29, 1.82) is 0 Å². The highest BCUT2D eigenvalue weighted by atomic mass is 79.9. The summed E-state index contributed by atoms with van der Waals surface area (Å²) < 4.78 is 6.74. The highest BCUT2D eigenvalue weighted by molar-refractivity contribution is 9.10. The van der Waals surface area contributed by atoms with Gasteiger partial charge in [-0.15, -0.1) is 0 Å². The standard InChI is InChI=1S/C14H15BrN2O/c1-9-7-12(4-5-13(9)15)18-14-6-3-11(8-17-14)10(2)16/h3-8,10H,16H2,1-2H3/t10-/m0/s1. The Morgan fingerprint density at radius 1 is 1.28 bits per heavy atom. The summed E-state index contributed by atoms with van der Waals surface area (Å²) in [6.07, 6.45) is 1.74. The molecule has 1 atom stereocenters. The second kappa shape index (κ2) is 5.50. The fraction of sp³-hybridized carbons (Fsp3) is 0.214. The van der Waals surface area contributed by atoms with Crippen LogP contribution in [-0.4, -0.2) is 4.98 Å². The molecule has 1 heterocycles. The normalized spacial score (nSPS) is 12.2. The molecule has 0 fully saturated rings. The zero-order valence-electron chi connectivity index (χ0n) is 10.4. The van der Waals surface area contributed by atoms with Crippen LogP contribution in [0.25, 0.3) is 0 Å². The summed E-state index contributed by atoms with van der Waals surface area (Å²) in [6, 6.07) is 9.57. The summed E-state index contributed by atoms with van der Waals surface area (Å²) in [5.74, 6) is 1.35. The van der Waals surface area contributed by atoms with Crippen LogP contribution in [-0.2, 0) is 0 Å². The van der Waals surface area contributed by atoms with E-state index < -0.39 is 0 Å². The second-order valence-electron chi connectivity index (χ2n) is 4.23. The minimum Gasteiger partial charge on any atom is -0.439 e. The third-order valence-electron chi connectivity index (χ3n) is 2.64.